The molecule has 1 heterocycles. The number of hydrogen-bond acceptors (Lipinski definition) is 2. The highest BCUT2D eigenvalue weighted by Gasteiger charge is 2.14. The van der Waals surface area contributed by atoms with Crippen LogP contribution in [0.5, 0.6) is 0 Å². The second kappa shape index (κ2) is 6.64. The van der Waals surface area contributed by atoms with E-state index >= 15 is 0 Å². The van der Waals surface area contributed by atoms with Gasteiger partial charge in [-0.15, -0.1) is 0 Å². The molecule has 7 heteroatoms. The van der Waals surface area contributed by atoms with Gasteiger partial charge in [0, 0.05) is 10.7 Å². The summed E-state index contributed by atoms with van der Waals surface area (Å²) in [4.78, 5) is 12.4. The number of nitrogens with one attached hydrogen (secondary N) is 1. The number of rotatable bonds is 3. The standard InChI is InChI=1S/C16H10Br2FN3O/c17-10-8-20-22(9-10)15-4-2-1-3-14(15)21-16(23)12-7-11(19)5-6-13(12)18/h1-9H,(H,21,23). The lowest BCUT2D eigenvalue weighted by Crippen LogP contribution is -2.14. The SMILES string of the molecule is O=C(Nc1ccccc1-n1cc(Br)cn1)c1cc(F)ccc1Br. The molecule has 0 saturated carbocycles. The average molecular weight is 439 g/mol. The summed E-state index contributed by atoms with van der Waals surface area (Å²) in [5, 5.41) is 7.00. The van der Waals surface area contributed by atoms with Crippen LogP contribution in [0.3, 0.4) is 0 Å². The third-order valence-electron chi connectivity index (χ3n) is 3.12. The lowest BCUT2D eigenvalue weighted by molar-refractivity contribution is 0.102. The summed E-state index contributed by atoms with van der Waals surface area (Å²) in [6.07, 6.45) is 3.44. The number of benzene rings is 2. The number of para-hydroxylation sites is 2. The first-order chi connectivity index (χ1) is 11.0. The topological polar surface area (TPSA) is 46.9 Å². The largest absolute Gasteiger partial charge is 0.320 e. The van der Waals surface area contributed by atoms with Gasteiger partial charge in [-0.2, -0.15) is 5.10 Å². The quantitative estimate of drug-likeness (QED) is 0.639. The Morgan fingerprint density at radius 1 is 1.17 bits per heavy atom. The second-order valence-corrected chi connectivity index (χ2v) is 6.47. The summed E-state index contributed by atoms with van der Waals surface area (Å²) < 4.78 is 16.4. The van der Waals surface area contributed by atoms with E-state index in [9.17, 15) is 9.18 Å². The van der Waals surface area contributed by atoms with E-state index < -0.39 is 11.7 Å². The number of nitrogens with zero attached hydrogens (tertiary/aromatic N) is 2. The van der Waals surface area contributed by atoms with Crippen LogP contribution in [0.1, 0.15) is 10.4 Å². The van der Waals surface area contributed by atoms with E-state index in [0.29, 0.717) is 15.8 Å². The molecular formula is C16H10Br2FN3O. The van der Waals surface area contributed by atoms with Crippen molar-refractivity contribution in [3.8, 4) is 5.69 Å². The van der Waals surface area contributed by atoms with Crippen molar-refractivity contribution in [2.75, 3.05) is 5.32 Å². The number of hydrogen-bond donors (Lipinski definition) is 1. The van der Waals surface area contributed by atoms with E-state index in [1.165, 1.54) is 18.2 Å². The van der Waals surface area contributed by atoms with Gasteiger partial charge in [-0.1, -0.05) is 12.1 Å². The fourth-order valence-electron chi connectivity index (χ4n) is 2.07. The summed E-state index contributed by atoms with van der Waals surface area (Å²) in [5.41, 5.74) is 1.50. The van der Waals surface area contributed by atoms with E-state index in [2.05, 4.69) is 42.3 Å². The molecule has 3 rings (SSSR count). The van der Waals surface area contributed by atoms with Crippen molar-refractivity contribution in [3.05, 3.63) is 75.2 Å². The molecule has 4 nitrogen and oxygen atoms in total. The minimum absolute atomic E-state index is 0.224. The van der Waals surface area contributed by atoms with Gasteiger partial charge in [-0.05, 0) is 62.2 Å². The molecule has 3 aromatic rings. The van der Waals surface area contributed by atoms with Crippen molar-refractivity contribution in [1.29, 1.82) is 0 Å². The van der Waals surface area contributed by atoms with Crippen LogP contribution in [-0.4, -0.2) is 15.7 Å². The Bertz CT molecular complexity index is 879. The maximum Gasteiger partial charge on any atom is 0.256 e. The highest BCUT2D eigenvalue weighted by Crippen LogP contribution is 2.24. The van der Waals surface area contributed by atoms with E-state index in [1.54, 1.807) is 29.2 Å². The first kappa shape index (κ1) is 15.9. The Kier molecular flexibility index (Phi) is 4.58. The van der Waals surface area contributed by atoms with Crippen molar-refractivity contribution in [2.45, 2.75) is 0 Å². The lowest BCUT2D eigenvalue weighted by Gasteiger charge is -2.11. The van der Waals surface area contributed by atoms with E-state index in [0.717, 1.165) is 4.47 Å². The number of carbonyl (C=O) groups is 1. The molecule has 0 bridgehead atoms. The van der Waals surface area contributed by atoms with Crippen LogP contribution < -0.4 is 5.32 Å². The molecule has 0 aliphatic rings. The van der Waals surface area contributed by atoms with Crippen LogP contribution in [0, 0.1) is 5.82 Å². The van der Waals surface area contributed by atoms with Gasteiger partial charge in [-0.25, -0.2) is 9.07 Å². The molecule has 0 spiro atoms. The Morgan fingerprint density at radius 3 is 2.70 bits per heavy atom. The van der Waals surface area contributed by atoms with Crippen molar-refractivity contribution in [1.82, 2.24) is 9.78 Å². The van der Waals surface area contributed by atoms with Crippen molar-refractivity contribution in [3.63, 3.8) is 0 Å². The minimum Gasteiger partial charge on any atom is -0.320 e. The van der Waals surface area contributed by atoms with Crippen LogP contribution in [0.25, 0.3) is 5.69 Å². The molecule has 0 unspecified atom stereocenters. The fourth-order valence-corrected chi connectivity index (χ4v) is 2.79. The smallest absolute Gasteiger partial charge is 0.256 e. The van der Waals surface area contributed by atoms with Gasteiger partial charge in [0.25, 0.3) is 5.91 Å². The Labute approximate surface area is 148 Å². The zero-order valence-electron chi connectivity index (χ0n) is 11.6. The van der Waals surface area contributed by atoms with Crippen LogP contribution in [0.15, 0.2) is 63.8 Å². The van der Waals surface area contributed by atoms with Crippen LogP contribution in [-0.2, 0) is 0 Å². The van der Waals surface area contributed by atoms with Crippen LogP contribution in [0.2, 0.25) is 0 Å². The summed E-state index contributed by atoms with van der Waals surface area (Å²) in [5.74, 6) is -0.877. The van der Waals surface area contributed by atoms with Crippen molar-refractivity contribution < 1.29 is 9.18 Å². The minimum atomic E-state index is -0.470. The molecule has 23 heavy (non-hydrogen) atoms. The Balaban J connectivity index is 1.94. The molecule has 2 aromatic carbocycles. The zero-order chi connectivity index (χ0) is 16.4. The average Bonchev–Trinajstić information content (AvgIpc) is 2.96. The van der Waals surface area contributed by atoms with Crippen molar-refractivity contribution >= 4 is 43.5 Å². The van der Waals surface area contributed by atoms with Gasteiger partial charge in [0.2, 0.25) is 0 Å². The first-order valence-corrected chi connectivity index (χ1v) is 8.19. The van der Waals surface area contributed by atoms with Gasteiger partial charge in [-0.3, -0.25) is 4.79 Å². The molecule has 0 atom stereocenters. The molecule has 1 N–H and O–H groups in total. The molecule has 1 aromatic heterocycles. The van der Waals surface area contributed by atoms with Crippen LogP contribution in [0.4, 0.5) is 10.1 Å². The molecule has 1 amide bonds. The van der Waals surface area contributed by atoms with Gasteiger partial charge >= 0.3 is 0 Å². The predicted molar refractivity (Wildman–Crippen MR) is 93.3 cm³/mol. The number of carbonyl (C=O) groups excluding carboxylic acids is 1. The maximum absolute atomic E-state index is 13.4. The monoisotopic (exact) mass is 437 g/mol. The summed E-state index contributed by atoms with van der Waals surface area (Å²) in [6.45, 7) is 0. The van der Waals surface area contributed by atoms with Crippen LogP contribution >= 0.6 is 31.9 Å². The van der Waals surface area contributed by atoms with Gasteiger partial charge in [0.15, 0.2) is 0 Å². The Morgan fingerprint density at radius 2 is 1.96 bits per heavy atom. The van der Waals surface area contributed by atoms with E-state index in [-0.39, 0.29) is 5.56 Å². The zero-order valence-corrected chi connectivity index (χ0v) is 14.8. The number of amides is 1. The summed E-state index contributed by atoms with van der Waals surface area (Å²) >= 11 is 6.60. The third-order valence-corrected chi connectivity index (χ3v) is 4.22. The fraction of sp³-hybridized carbons (Fsp3) is 0. The molecular weight excluding hydrogens is 429 g/mol. The molecule has 0 radical (unpaired) electrons. The molecule has 0 aliphatic carbocycles. The number of halogens is 3. The van der Waals surface area contributed by atoms with Crippen molar-refractivity contribution in [2.24, 2.45) is 0 Å². The Hall–Kier alpha value is -1.99. The summed E-state index contributed by atoms with van der Waals surface area (Å²) in [7, 11) is 0. The maximum atomic E-state index is 13.4. The van der Waals surface area contributed by atoms with E-state index in [4.69, 9.17) is 0 Å². The van der Waals surface area contributed by atoms with Gasteiger partial charge in [0.05, 0.1) is 27.6 Å². The summed E-state index contributed by atoms with van der Waals surface area (Å²) in [6, 6.07) is 11.2. The molecule has 116 valence electrons. The lowest BCUT2D eigenvalue weighted by atomic mass is 10.2. The second-order valence-electron chi connectivity index (χ2n) is 4.70. The number of anilines is 1. The first-order valence-electron chi connectivity index (χ1n) is 6.60. The van der Waals surface area contributed by atoms with E-state index in [1.807, 2.05) is 12.1 Å². The van der Waals surface area contributed by atoms with Gasteiger partial charge < -0.3 is 5.32 Å². The molecule has 0 aliphatic heterocycles. The normalized spacial score (nSPS) is 10.6. The third kappa shape index (κ3) is 3.51. The molecule has 0 fully saturated rings. The molecule has 0 saturated heterocycles. The predicted octanol–water partition coefficient (Wildman–Crippen LogP) is 4.79. The highest BCUT2D eigenvalue weighted by atomic mass is 79.9. The van der Waals surface area contributed by atoms with Gasteiger partial charge in [0.1, 0.15) is 5.82 Å². The number of aromatic nitrogens is 2. The highest BCUT2D eigenvalue weighted by molar-refractivity contribution is 9.10.